The van der Waals surface area contributed by atoms with Crippen LogP contribution in [0.4, 0.5) is 0 Å². The third-order valence-corrected chi connectivity index (χ3v) is 11.4. The maximum absolute atomic E-state index is 14.2. The van der Waals surface area contributed by atoms with Gasteiger partial charge in [0, 0.05) is 23.8 Å². The molecule has 0 amide bonds. The van der Waals surface area contributed by atoms with Crippen LogP contribution in [0, 0.1) is 0 Å². The molecule has 3 aliphatic rings. The standard InChI is InChI=1S/C44H50O25/c1-60-22-9-16(10-23(61-2)29(22)49)3-8-27(48)62-15-26-32(52)36(56)38(58)42(68-26)63-18-6-4-17(5-7-18)40-41(69-44-39(59)35(55)31(51)25(14-46)67-44)33(53)28-20(47)11-19(12-21(28)65-40)64-43-37(57)34(54)30(50)24(13-45)66-43/h3-12,24-26,30-32,34-39,42-47,49-52,54-59H,13-15H2,1-2H3. The van der Waals surface area contributed by atoms with E-state index in [1.165, 1.54) is 56.7 Å². The maximum atomic E-state index is 14.2. The number of phenolic OH excluding ortho intramolecular Hbond substituents is 2. The molecule has 0 aliphatic carbocycles. The molecule has 3 aromatic carbocycles. The van der Waals surface area contributed by atoms with E-state index in [2.05, 4.69) is 0 Å². The normalized spacial score (nSPS) is 31.6. The van der Waals surface area contributed by atoms with Gasteiger partial charge >= 0.3 is 5.97 Å². The molecule has 0 radical (unpaired) electrons. The van der Waals surface area contributed by atoms with Crippen LogP contribution in [0.3, 0.4) is 0 Å². The summed E-state index contributed by atoms with van der Waals surface area (Å²) in [4.78, 5) is 26.9. The number of hydrogen-bond donors (Lipinski definition) is 13. The number of carbonyl (C=O) groups excluding carboxylic acids is 1. The van der Waals surface area contributed by atoms with Gasteiger partial charge < -0.3 is 113 Å². The van der Waals surface area contributed by atoms with Crippen LogP contribution in [0.1, 0.15) is 5.56 Å². The maximum Gasteiger partial charge on any atom is 0.330 e. The largest absolute Gasteiger partial charge is 0.507 e. The first-order valence-electron chi connectivity index (χ1n) is 20.9. The van der Waals surface area contributed by atoms with Crippen LogP contribution < -0.4 is 29.1 Å². The van der Waals surface area contributed by atoms with Crippen molar-refractivity contribution in [2.75, 3.05) is 34.0 Å². The fourth-order valence-electron chi connectivity index (χ4n) is 7.56. The third-order valence-electron chi connectivity index (χ3n) is 11.4. The van der Waals surface area contributed by atoms with Crippen LogP contribution in [0.5, 0.6) is 40.2 Å². The molecule has 25 nitrogen and oxygen atoms in total. The van der Waals surface area contributed by atoms with E-state index in [1.54, 1.807) is 0 Å². The van der Waals surface area contributed by atoms with E-state index in [4.69, 9.17) is 47.0 Å². The summed E-state index contributed by atoms with van der Waals surface area (Å²) in [5.74, 6) is -3.37. The zero-order valence-corrected chi connectivity index (χ0v) is 36.3. The molecule has 3 fully saturated rings. The van der Waals surface area contributed by atoms with Crippen molar-refractivity contribution >= 4 is 23.0 Å². The minimum absolute atomic E-state index is 0.00305. The molecule has 3 saturated heterocycles. The number of benzene rings is 3. The van der Waals surface area contributed by atoms with E-state index in [1.807, 2.05) is 0 Å². The molecular formula is C44H50O25. The number of aromatic hydroxyl groups is 2. The minimum Gasteiger partial charge on any atom is -0.507 e. The lowest BCUT2D eigenvalue weighted by Crippen LogP contribution is -2.60. The highest BCUT2D eigenvalue weighted by atomic mass is 16.7. The molecule has 15 atom stereocenters. The van der Waals surface area contributed by atoms with Crippen molar-refractivity contribution in [1.82, 2.24) is 0 Å². The smallest absolute Gasteiger partial charge is 0.330 e. The Balaban J connectivity index is 1.14. The molecule has 0 bridgehead atoms. The van der Waals surface area contributed by atoms with Gasteiger partial charge in [0.2, 0.25) is 35.8 Å². The molecule has 15 unspecified atom stereocenters. The lowest BCUT2D eigenvalue weighted by molar-refractivity contribution is -0.278. The van der Waals surface area contributed by atoms with E-state index in [0.29, 0.717) is 5.56 Å². The van der Waals surface area contributed by atoms with E-state index in [0.717, 1.165) is 18.2 Å². The Bertz CT molecular complexity index is 2480. The van der Waals surface area contributed by atoms with Crippen molar-refractivity contribution in [3.8, 4) is 51.6 Å². The zero-order valence-electron chi connectivity index (χ0n) is 36.3. The van der Waals surface area contributed by atoms with Gasteiger partial charge in [-0.3, -0.25) is 4.79 Å². The van der Waals surface area contributed by atoms with Crippen LogP contribution in [0.2, 0.25) is 0 Å². The molecule has 4 heterocycles. The van der Waals surface area contributed by atoms with Crippen molar-refractivity contribution in [1.29, 1.82) is 0 Å². The second-order valence-corrected chi connectivity index (χ2v) is 15.9. The summed E-state index contributed by atoms with van der Waals surface area (Å²) in [7, 11) is 2.64. The van der Waals surface area contributed by atoms with Gasteiger partial charge in [0.05, 0.1) is 27.4 Å². The third kappa shape index (κ3) is 10.5. The quantitative estimate of drug-likeness (QED) is 0.0410. The highest BCUT2D eigenvalue weighted by molar-refractivity contribution is 5.89. The molecule has 69 heavy (non-hydrogen) atoms. The number of carbonyl (C=O) groups is 1. The second kappa shape index (κ2) is 21.4. The Hall–Kier alpha value is -5.88. The number of phenols is 2. The lowest BCUT2D eigenvalue weighted by atomic mass is 9.99. The van der Waals surface area contributed by atoms with Gasteiger partial charge in [0.15, 0.2) is 17.3 Å². The number of fused-ring (bicyclic) bond motifs is 1. The number of aliphatic hydroxyl groups is 11. The summed E-state index contributed by atoms with van der Waals surface area (Å²) in [5, 5.41) is 135. The Morgan fingerprint density at radius 2 is 1.12 bits per heavy atom. The lowest BCUT2D eigenvalue weighted by Gasteiger charge is -2.39. The molecule has 0 spiro atoms. The van der Waals surface area contributed by atoms with E-state index in [9.17, 15) is 76.0 Å². The molecule has 1 aromatic heterocycles. The number of aliphatic hydroxyl groups excluding tert-OH is 11. The average molecular weight is 979 g/mol. The second-order valence-electron chi connectivity index (χ2n) is 15.9. The van der Waals surface area contributed by atoms with Crippen LogP contribution in [-0.2, 0) is 23.7 Å². The highest BCUT2D eigenvalue weighted by Gasteiger charge is 2.48. The van der Waals surface area contributed by atoms with Crippen molar-refractivity contribution in [3.63, 3.8) is 0 Å². The SMILES string of the molecule is COc1cc(C=CC(=O)OCC2OC(Oc3ccc(-c4oc5cc(OC6OC(CO)C(O)C(O)C6O)cc(O)c5c(=O)c4OC4OC(CO)C(O)C(O)C4O)cc3)C(O)C(O)C2O)cc(OC)c1O. The Morgan fingerprint density at radius 1 is 0.623 bits per heavy atom. The number of hydrogen-bond acceptors (Lipinski definition) is 25. The summed E-state index contributed by atoms with van der Waals surface area (Å²) in [5.41, 5.74) is -1.11. The molecule has 25 heteroatoms. The zero-order chi connectivity index (χ0) is 50.0. The van der Waals surface area contributed by atoms with Crippen LogP contribution in [-0.4, -0.2) is 199 Å². The molecule has 7 rings (SSSR count). The van der Waals surface area contributed by atoms with E-state index in [-0.39, 0.29) is 34.3 Å². The van der Waals surface area contributed by atoms with Gasteiger partial charge in [-0.05, 0) is 48.0 Å². The average Bonchev–Trinajstić information content (AvgIpc) is 3.34. The summed E-state index contributed by atoms with van der Waals surface area (Å²) in [6.45, 7) is -2.25. The number of esters is 1. The predicted molar refractivity (Wildman–Crippen MR) is 227 cm³/mol. The van der Waals surface area contributed by atoms with E-state index < -0.39 is 152 Å². The van der Waals surface area contributed by atoms with Crippen molar-refractivity contribution in [3.05, 3.63) is 70.4 Å². The van der Waals surface area contributed by atoms with Gasteiger partial charge in [-0.2, -0.15) is 0 Å². The van der Waals surface area contributed by atoms with Gasteiger partial charge in [0.25, 0.3) is 0 Å². The van der Waals surface area contributed by atoms with Crippen molar-refractivity contribution in [2.45, 2.75) is 92.1 Å². The molecule has 3 aliphatic heterocycles. The minimum atomic E-state index is -2.01. The first-order valence-corrected chi connectivity index (χ1v) is 20.9. The van der Waals surface area contributed by atoms with Gasteiger partial charge in [0.1, 0.15) is 108 Å². The Morgan fingerprint density at radius 3 is 1.64 bits per heavy atom. The molecule has 0 saturated carbocycles. The molecule has 4 aromatic rings. The first-order chi connectivity index (χ1) is 32.9. The first kappa shape index (κ1) is 51.0. The van der Waals surface area contributed by atoms with E-state index >= 15 is 0 Å². The Labute approximate surface area is 388 Å². The van der Waals surface area contributed by atoms with Gasteiger partial charge in [-0.1, -0.05) is 0 Å². The van der Waals surface area contributed by atoms with Gasteiger partial charge in [-0.15, -0.1) is 0 Å². The topological polar surface area (TPSA) is 393 Å². The summed E-state index contributed by atoms with van der Waals surface area (Å²) >= 11 is 0. The van der Waals surface area contributed by atoms with Crippen molar-refractivity contribution in [2.24, 2.45) is 0 Å². The number of methoxy groups -OCH3 is 2. The Kier molecular flexibility index (Phi) is 15.8. The highest BCUT2D eigenvalue weighted by Crippen LogP contribution is 2.40. The fraction of sp³-hybridized carbons (Fsp3) is 0.455. The summed E-state index contributed by atoms with van der Waals surface area (Å²) < 4.78 is 55.3. The number of ether oxygens (including phenoxy) is 9. The summed E-state index contributed by atoms with van der Waals surface area (Å²) in [6.07, 6.45) is -23.9. The number of rotatable bonds is 15. The fourth-order valence-corrected chi connectivity index (χ4v) is 7.56. The molecule has 376 valence electrons. The molecular weight excluding hydrogens is 928 g/mol. The molecule has 13 N–H and O–H groups in total. The monoisotopic (exact) mass is 978 g/mol. The predicted octanol–water partition coefficient (Wildman–Crippen LogP) is -3.31. The van der Waals surface area contributed by atoms with Crippen LogP contribution >= 0.6 is 0 Å². The van der Waals surface area contributed by atoms with Gasteiger partial charge in [-0.25, -0.2) is 4.79 Å². The van der Waals surface area contributed by atoms with Crippen LogP contribution in [0.25, 0.3) is 28.4 Å². The van der Waals surface area contributed by atoms with Crippen molar-refractivity contribution < 1.29 is 118 Å². The summed E-state index contributed by atoms with van der Waals surface area (Å²) in [6, 6.07) is 9.95. The van der Waals surface area contributed by atoms with Crippen LogP contribution in [0.15, 0.2) is 63.8 Å².